The highest BCUT2D eigenvalue weighted by Gasteiger charge is 2.20. The van der Waals surface area contributed by atoms with E-state index < -0.39 is 16.6 Å². The molecule has 92 valence electrons. The molecule has 0 aromatic carbocycles. The average molecular weight is 239 g/mol. The SMILES string of the molecule is CC(C)(C)OC(=O)Nc1ccncc1[N+](=O)[O-]. The van der Waals surface area contributed by atoms with Gasteiger partial charge < -0.3 is 4.74 Å². The van der Waals surface area contributed by atoms with Crippen LogP contribution in [0, 0.1) is 10.1 Å². The van der Waals surface area contributed by atoms with Crippen LogP contribution in [0.15, 0.2) is 18.5 Å². The highest BCUT2D eigenvalue weighted by atomic mass is 16.6. The summed E-state index contributed by atoms with van der Waals surface area (Å²) in [6.45, 7) is 5.11. The fraction of sp³-hybridized carbons (Fsp3) is 0.400. The van der Waals surface area contributed by atoms with Crippen LogP contribution in [0.5, 0.6) is 0 Å². The molecule has 1 rings (SSSR count). The van der Waals surface area contributed by atoms with Crippen molar-refractivity contribution in [1.29, 1.82) is 0 Å². The first-order chi connectivity index (χ1) is 7.79. The topological polar surface area (TPSA) is 94.4 Å². The van der Waals surface area contributed by atoms with Crippen LogP contribution >= 0.6 is 0 Å². The molecule has 0 aliphatic rings. The fourth-order valence-corrected chi connectivity index (χ4v) is 1.05. The number of ether oxygens (including phenoxy) is 1. The highest BCUT2D eigenvalue weighted by Crippen LogP contribution is 2.22. The van der Waals surface area contributed by atoms with Crippen LogP contribution in [0.4, 0.5) is 16.2 Å². The van der Waals surface area contributed by atoms with E-state index in [9.17, 15) is 14.9 Å². The van der Waals surface area contributed by atoms with Crippen LogP contribution in [-0.4, -0.2) is 21.6 Å². The summed E-state index contributed by atoms with van der Waals surface area (Å²) in [6.07, 6.45) is 1.67. The summed E-state index contributed by atoms with van der Waals surface area (Å²) in [4.78, 5) is 25.1. The molecule has 1 N–H and O–H groups in total. The molecule has 0 aliphatic carbocycles. The normalized spacial score (nSPS) is 10.8. The van der Waals surface area contributed by atoms with Crippen molar-refractivity contribution in [3.63, 3.8) is 0 Å². The van der Waals surface area contributed by atoms with E-state index in [1.165, 1.54) is 12.3 Å². The lowest BCUT2D eigenvalue weighted by atomic mass is 10.2. The minimum Gasteiger partial charge on any atom is -0.444 e. The number of rotatable bonds is 2. The highest BCUT2D eigenvalue weighted by molar-refractivity contribution is 5.87. The van der Waals surface area contributed by atoms with Gasteiger partial charge in [-0.05, 0) is 26.8 Å². The largest absolute Gasteiger partial charge is 0.444 e. The van der Waals surface area contributed by atoms with E-state index in [0.717, 1.165) is 6.20 Å². The predicted octanol–water partition coefficient (Wildman–Crippen LogP) is 2.34. The minimum absolute atomic E-state index is 0.0549. The molecule has 0 aliphatic heterocycles. The van der Waals surface area contributed by atoms with E-state index in [2.05, 4.69) is 10.3 Å². The first kappa shape index (κ1) is 12.9. The van der Waals surface area contributed by atoms with Crippen LogP contribution < -0.4 is 5.32 Å². The van der Waals surface area contributed by atoms with Gasteiger partial charge in [-0.2, -0.15) is 0 Å². The summed E-state index contributed by atoms with van der Waals surface area (Å²) < 4.78 is 4.98. The Labute approximate surface area is 98.0 Å². The monoisotopic (exact) mass is 239 g/mol. The van der Waals surface area contributed by atoms with Crippen LogP contribution in [0.25, 0.3) is 0 Å². The van der Waals surface area contributed by atoms with Crippen molar-refractivity contribution in [3.8, 4) is 0 Å². The molecule has 0 atom stereocenters. The van der Waals surface area contributed by atoms with Gasteiger partial charge in [-0.3, -0.25) is 20.4 Å². The third-order valence-corrected chi connectivity index (χ3v) is 1.63. The Bertz CT molecular complexity index is 439. The van der Waals surface area contributed by atoms with Crippen molar-refractivity contribution in [2.75, 3.05) is 5.32 Å². The van der Waals surface area contributed by atoms with E-state index >= 15 is 0 Å². The number of nitro groups is 1. The Hall–Kier alpha value is -2.18. The van der Waals surface area contributed by atoms with E-state index in [0.29, 0.717) is 0 Å². The molecule has 7 nitrogen and oxygen atoms in total. The molecule has 0 spiro atoms. The molecule has 0 saturated heterocycles. The number of anilines is 1. The molecular formula is C10H13N3O4. The van der Waals surface area contributed by atoms with Crippen molar-refractivity contribution >= 4 is 17.5 Å². The number of carbonyl (C=O) groups is 1. The van der Waals surface area contributed by atoms with Gasteiger partial charge in [0, 0.05) is 6.20 Å². The first-order valence-electron chi connectivity index (χ1n) is 4.88. The van der Waals surface area contributed by atoms with Gasteiger partial charge in [-0.25, -0.2) is 4.79 Å². The molecule has 1 aromatic rings. The van der Waals surface area contributed by atoms with Gasteiger partial charge in [0.1, 0.15) is 17.5 Å². The van der Waals surface area contributed by atoms with Gasteiger partial charge in [-0.1, -0.05) is 0 Å². The Morgan fingerprint density at radius 1 is 1.53 bits per heavy atom. The molecule has 0 unspecified atom stereocenters. The number of hydrogen-bond acceptors (Lipinski definition) is 5. The van der Waals surface area contributed by atoms with E-state index in [4.69, 9.17) is 4.74 Å². The van der Waals surface area contributed by atoms with E-state index in [-0.39, 0.29) is 11.4 Å². The Balaban J connectivity index is 2.82. The summed E-state index contributed by atoms with van der Waals surface area (Å²) >= 11 is 0. The van der Waals surface area contributed by atoms with Crippen molar-refractivity contribution in [3.05, 3.63) is 28.6 Å². The number of carbonyl (C=O) groups excluding carboxylic acids is 1. The molecule has 17 heavy (non-hydrogen) atoms. The number of amides is 1. The van der Waals surface area contributed by atoms with Crippen LogP contribution in [0.3, 0.4) is 0 Å². The van der Waals surface area contributed by atoms with Crippen LogP contribution in [0.2, 0.25) is 0 Å². The van der Waals surface area contributed by atoms with Crippen LogP contribution in [-0.2, 0) is 4.74 Å². The maximum atomic E-state index is 11.4. The van der Waals surface area contributed by atoms with Gasteiger partial charge in [0.15, 0.2) is 0 Å². The minimum atomic E-state index is -0.744. The lowest BCUT2D eigenvalue weighted by molar-refractivity contribution is -0.384. The summed E-state index contributed by atoms with van der Waals surface area (Å²) in [7, 11) is 0. The molecule has 0 radical (unpaired) electrons. The zero-order valence-corrected chi connectivity index (χ0v) is 9.76. The second-order valence-corrected chi connectivity index (χ2v) is 4.28. The maximum Gasteiger partial charge on any atom is 0.412 e. The lowest BCUT2D eigenvalue weighted by Gasteiger charge is -2.19. The molecule has 0 saturated carbocycles. The number of hydrogen-bond donors (Lipinski definition) is 1. The fourth-order valence-electron chi connectivity index (χ4n) is 1.05. The van der Waals surface area contributed by atoms with Gasteiger partial charge in [0.05, 0.1) is 4.92 Å². The number of pyridine rings is 1. The quantitative estimate of drug-likeness (QED) is 0.631. The van der Waals surface area contributed by atoms with Crippen LogP contribution in [0.1, 0.15) is 20.8 Å². The second kappa shape index (κ2) is 4.77. The third-order valence-electron chi connectivity index (χ3n) is 1.63. The Morgan fingerprint density at radius 2 is 2.18 bits per heavy atom. The standard InChI is InChI=1S/C10H13N3O4/c1-10(2,3)17-9(14)12-7-4-5-11-6-8(7)13(15)16/h4-6H,1-3H3,(H,11,12,14). The Morgan fingerprint density at radius 3 is 2.71 bits per heavy atom. The molecule has 1 heterocycles. The van der Waals surface area contributed by atoms with Gasteiger partial charge in [-0.15, -0.1) is 0 Å². The third kappa shape index (κ3) is 4.06. The van der Waals surface area contributed by atoms with Crippen molar-refractivity contribution in [1.82, 2.24) is 4.98 Å². The van der Waals surface area contributed by atoms with Gasteiger partial charge >= 0.3 is 11.8 Å². The second-order valence-electron chi connectivity index (χ2n) is 4.28. The maximum absolute atomic E-state index is 11.4. The zero-order chi connectivity index (χ0) is 13.1. The number of aromatic nitrogens is 1. The molecule has 7 heteroatoms. The zero-order valence-electron chi connectivity index (χ0n) is 9.76. The molecule has 1 amide bonds. The van der Waals surface area contributed by atoms with E-state index in [1.54, 1.807) is 20.8 Å². The molecule has 0 bridgehead atoms. The first-order valence-corrected chi connectivity index (χ1v) is 4.88. The van der Waals surface area contributed by atoms with Crippen molar-refractivity contribution < 1.29 is 14.5 Å². The summed E-state index contributed by atoms with van der Waals surface area (Å²) in [5.74, 6) is 0. The summed E-state index contributed by atoms with van der Waals surface area (Å²) in [6, 6.07) is 1.34. The Kier molecular flexibility index (Phi) is 3.62. The summed E-state index contributed by atoms with van der Waals surface area (Å²) in [5.41, 5.74) is -0.885. The predicted molar refractivity (Wildman–Crippen MR) is 60.7 cm³/mol. The number of nitrogens with zero attached hydrogens (tertiary/aromatic N) is 2. The van der Waals surface area contributed by atoms with Crippen molar-refractivity contribution in [2.24, 2.45) is 0 Å². The summed E-state index contributed by atoms with van der Waals surface area (Å²) in [5, 5.41) is 13.0. The van der Waals surface area contributed by atoms with E-state index in [1.807, 2.05) is 0 Å². The smallest absolute Gasteiger partial charge is 0.412 e. The lowest BCUT2D eigenvalue weighted by Crippen LogP contribution is -2.27. The molecule has 1 aromatic heterocycles. The average Bonchev–Trinajstić information content (AvgIpc) is 2.14. The van der Waals surface area contributed by atoms with Gasteiger partial charge in [0.25, 0.3) is 0 Å². The molecule has 0 fully saturated rings. The van der Waals surface area contributed by atoms with Crippen molar-refractivity contribution in [2.45, 2.75) is 26.4 Å². The van der Waals surface area contributed by atoms with Gasteiger partial charge in [0.2, 0.25) is 0 Å². The number of nitrogens with one attached hydrogen (secondary N) is 1. The molecular weight excluding hydrogens is 226 g/mol.